The second-order valence-corrected chi connectivity index (χ2v) is 10.1. The van der Waals surface area contributed by atoms with Crippen molar-refractivity contribution >= 4 is 45.1 Å². The number of methoxy groups -OCH3 is 1. The van der Waals surface area contributed by atoms with Crippen LogP contribution in [0.1, 0.15) is 34.3 Å². The quantitative estimate of drug-likeness (QED) is 0.228. The van der Waals surface area contributed by atoms with E-state index < -0.39 is 23.6 Å². The van der Waals surface area contributed by atoms with E-state index >= 15 is 4.39 Å². The lowest BCUT2D eigenvalue weighted by atomic mass is 9.98. The van der Waals surface area contributed by atoms with Crippen molar-refractivity contribution in [2.24, 2.45) is 0 Å². The van der Waals surface area contributed by atoms with E-state index in [-0.39, 0.29) is 19.6 Å². The van der Waals surface area contributed by atoms with E-state index in [9.17, 15) is 14.4 Å². The Balaban J connectivity index is 1.35. The first kappa shape index (κ1) is 28.3. The molecule has 2 amide bonds. The van der Waals surface area contributed by atoms with Crippen molar-refractivity contribution in [3.05, 3.63) is 87.9 Å². The van der Waals surface area contributed by atoms with Gasteiger partial charge in [0.05, 0.1) is 18.4 Å². The normalized spacial score (nSPS) is 16.9. The Hall–Kier alpha value is -3.76. The van der Waals surface area contributed by atoms with Gasteiger partial charge in [0.1, 0.15) is 12.5 Å². The molecule has 0 bridgehead atoms. The second kappa shape index (κ2) is 12.4. The fraction of sp³-hybridized carbons (Fsp3) is 0.276. The molecular weight excluding hydrogens is 569 g/mol. The summed E-state index contributed by atoms with van der Waals surface area (Å²) in [5, 5.41) is 5.58. The maximum absolute atomic E-state index is 15.9. The summed E-state index contributed by atoms with van der Waals surface area (Å²) < 4.78 is 27.1. The van der Waals surface area contributed by atoms with Crippen molar-refractivity contribution in [2.75, 3.05) is 31.0 Å². The number of ether oxygens (including phenoxy) is 2. The minimum atomic E-state index is -2.14. The first-order chi connectivity index (χ1) is 18.7. The molecule has 3 aromatic carbocycles. The van der Waals surface area contributed by atoms with E-state index in [1.165, 1.54) is 12.0 Å². The molecule has 8 nitrogen and oxygen atoms in total. The number of esters is 1. The summed E-state index contributed by atoms with van der Waals surface area (Å²) in [7, 11) is 1.30. The zero-order valence-corrected chi connectivity index (χ0v) is 23.2. The molecule has 1 aliphatic heterocycles. The van der Waals surface area contributed by atoms with Crippen LogP contribution in [-0.4, -0.2) is 48.9 Å². The zero-order valence-electron chi connectivity index (χ0n) is 21.6. The van der Waals surface area contributed by atoms with Crippen LogP contribution in [0.25, 0.3) is 0 Å². The van der Waals surface area contributed by atoms with Crippen LogP contribution in [0.15, 0.2) is 71.2 Å². The molecule has 4 rings (SSSR count). The molecule has 10 heteroatoms. The number of amides is 2. The predicted molar refractivity (Wildman–Crippen MR) is 150 cm³/mol. The van der Waals surface area contributed by atoms with Gasteiger partial charge in [-0.25, -0.2) is 18.9 Å². The molecule has 1 heterocycles. The lowest BCUT2D eigenvalue weighted by molar-refractivity contribution is -0.144. The highest BCUT2D eigenvalue weighted by molar-refractivity contribution is 9.10. The number of ketones is 1. The Morgan fingerprint density at radius 3 is 2.44 bits per heavy atom. The number of rotatable bonds is 9. The number of nitrogens with zero attached hydrogens (tertiary/aromatic N) is 1. The van der Waals surface area contributed by atoms with Crippen molar-refractivity contribution in [3.63, 3.8) is 0 Å². The number of hydrogen-bond donors (Lipinski definition) is 2. The number of alkyl halides is 1. The molecule has 1 aliphatic rings. The van der Waals surface area contributed by atoms with Crippen molar-refractivity contribution in [2.45, 2.75) is 32.0 Å². The van der Waals surface area contributed by atoms with Gasteiger partial charge in [0.25, 0.3) is 0 Å². The number of hydrogen-bond acceptors (Lipinski definition) is 6. The lowest BCUT2D eigenvalue weighted by Gasteiger charge is -2.29. The molecule has 1 unspecified atom stereocenters. The largest absolute Gasteiger partial charge is 0.478 e. The Bertz CT molecular complexity index is 1370. The summed E-state index contributed by atoms with van der Waals surface area (Å²) in [6.45, 7) is 2.10. The van der Waals surface area contributed by atoms with Crippen LogP contribution in [0.5, 0.6) is 5.75 Å². The highest BCUT2D eigenvalue weighted by Crippen LogP contribution is 2.33. The monoisotopic (exact) mass is 597 g/mol. The highest BCUT2D eigenvalue weighted by atomic mass is 79.9. The molecule has 39 heavy (non-hydrogen) atoms. The van der Waals surface area contributed by atoms with Crippen molar-refractivity contribution in [1.29, 1.82) is 0 Å². The SMILES string of the molecule is COC(=O)c1ccc(OCN2CCCC2(F)C(=O)Cc2ccc(NC(=O)Nc3ccccc3Br)c(C)c2)cc1. The first-order valence-electron chi connectivity index (χ1n) is 12.4. The molecule has 1 atom stereocenters. The van der Waals surface area contributed by atoms with Gasteiger partial charge in [-0.1, -0.05) is 24.3 Å². The van der Waals surface area contributed by atoms with Crippen LogP contribution < -0.4 is 15.4 Å². The number of nitrogens with one attached hydrogen (secondary N) is 2. The van der Waals surface area contributed by atoms with Gasteiger partial charge in [0.2, 0.25) is 5.79 Å². The van der Waals surface area contributed by atoms with E-state index in [2.05, 4.69) is 31.3 Å². The molecule has 2 N–H and O–H groups in total. The van der Waals surface area contributed by atoms with Gasteiger partial charge in [0.15, 0.2) is 5.78 Å². The van der Waals surface area contributed by atoms with E-state index in [0.717, 1.165) is 10.0 Å². The van der Waals surface area contributed by atoms with Gasteiger partial charge in [-0.05, 0) is 82.9 Å². The van der Waals surface area contributed by atoms with Crippen LogP contribution in [0, 0.1) is 6.92 Å². The number of Topliss-reactive ketones (excluding diaryl/α,β-unsaturated/α-hetero) is 1. The maximum Gasteiger partial charge on any atom is 0.337 e. The molecule has 1 saturated heterocycles. The van der Waals surface area contributed by atoms with E-state index in [0.29, 0.717) is 41.2 Å². The number of anilines is 2. The first-order valence-corrected chi connectivity index (χ1v) is 13.2. The molecule has 3 aromatic rings. The Labute approximate surface area is 234 Å². The Morgan fingerprint density at radius 2 is 1.74 bits per heavy atom. The average Bonchev–Trinajstić information content (AvgIpc) is 3.31. The van der Waals surface area contributed by atoms with Crippen molar-refractivity contribution in [3.8, 4) is 5.75 Å². The summed E-state index contributed by atoms with van der Waals surface area (Å²) in [6.07, 6.45) is 0.525. The molecule has 0 aromatic heterocycles. The van der Waals surface area contributed by atoms with E-state index in [1.807, 2.05) is 25.1 Å². The highest BCUT2D eigenvalue weighted by Gasteiger charge is 2.47. The van der Waals surface area contributed by atoms with Gasteiger partial charge in [-0.15, -0.1) is 0 Å². The number of para-hydroxylation sites is 1. The molecular formula is C29H29BrFN3O5. The van der Waals surface area contributed by atoms with Crippen molar-refractivity contribution in [1.82, 2.24) is 4.90 Å². The number of carbonyl (C=O) groups excluding carboxylic acids is 3. The summed E-state index contributed by atoms with van der Waals surface area (Å²) in [4.78, 5) is 38.5. The van der Waals surface area contributed by atoms with Crippen LogP contribution in [0.2, 0.25) is 0 Å². The molecule has 1 fully saturated rings. The zero-order chi connectivity index (χ0) is 28.0. The van der Waals surface area contributed by atoms with E-state index in [4.69, 9.17) is 4.74 Å². The summed E-state index contributed by atoms with van der Waals surface area (Å²) >= 11 is 3.39. The molecule has 0 aliphatic carbocycles. The average molecular weight is 598 g/mol. The molecule has 204 valence electrons. The molecule has 0 spiro atoms. The number of aryl methyl sites for hydroxylation is 1. The third kappa shape index (κ3) is 6.82. The minimum absolute atomic E-state index is 0.0876. The van der Waals surface area contributed by atoms with Crippen LogP contribution in [0.4, 0.5) is 20.6 Å². The van der Waals surface area contributed by atoms with E-state index in [1.54, 1.807) is 48.5 Å². The summed E-state index contributed by atoms with van der Waals surface area (Å²) in [6, 6.07) is 18.4. The van der Waals surface area contributed by atoms with Gasteiger partial charge in [-0.3, -0.25) is 4.79 Å². The van der Waals surface area contributed by atoms with Gasteiger partial charge in [0, 0.05) is 29.5 Å². The smallest absolute Gasteiger partial charge is 0.337 e. The van der Waals surface area contributed by atoms with Crippen LogP contribution in [0.3, 0.4) is 0 Å². The Morgan fingerprint density at radius 1 is 1.03 bits per heavy atom. The summed E-state index contributed by atoms with van der Waals surface area (Å²) in [5.41, 5.74) is 2.99. The van der Waals surface area contributed by atoms with Gasteiger partial charge >= 0.3 is 12.0 Å². The molecule has 0 radical (unpaired) electrons. The molecule has 0 saturated carbocycles. The van der Waals surface area contributed by atoms with Crippen LogP contribution in [-0.2, 0) is 16.0 Å². The summed E-state index contributed by atoms with van der Waals surface area (Å²) in [5.74, 6) is -2.69. The fourth-order valence-corrected chi connectivity index (χ4v) is 4.80. The number of carbonyl (C=O) groups is 3. The number of likely N-dealkylation sites (tertiary alicyclic amines) is 1. The van der Waals surface area contributed by atoms with Crippen LogP contribution >= 0.6 is 15.9 Å². The maximum atomic E-state index is 15.9. The van der Waals surface area contributed by atoms with Gasteiger partial charge in [-0.2, -0.15) is 0 Å². The number of urea groups is 1. The lowest BCUT2D eigenvalue weighted by Crippen LogP contribution is -2.49. The minimum Gasteiger partial charge on any atom is -0.478 e. The topological polar surface area (TPSA) is 97.0 Å². The second-order valence-electron chi connectivity index (χ2n) is 9.22. The third-order valence-electron chi connectivity index (χ3n) is 6.55. The standard InChI is InChI=1S/C29H29BrFN3O5/c1-19-16-20(8-13-24(19)32-28(37)33-25-7-4-3-6-23(25)30)17-26(35)29(31)14-5-15-34(29)18-39-22-11-9-21(10-12-22)27(36)38-2/h3-4,6-13,16H,5,14-15,17-18H2,1-2H3,(H2,32,33,37). The fourth-order valence-electron chi connectivity index (χ4n) is 4.41. The number of halogens is 2. The Kier molecular flexibility index (Phi) is 8.98. The van der Waals surface area contributed by atoms with Crippen molar-refractivity contribution < 1.29 is 28.2 Å². The number of benzene rings is 3. The van der Waals surface area contributed by atoms with Gasteiger partial charge < -0.3 is 20.1 Å². The predicted octanol–water partition coefficient (Wildman–Crippen LogP) is 6.10. The third-order valence-corrected chi connectivity index (χ3v) is 7.24.